The molecule has 16 heavy (non-hydrogen) atoms. The van der Waals surface area contributed by atoms with E-state index in [0.29, 0.717) is 5.88 Å². The highest BCUT2D eigenvalue weighted by molar-refractivity contribution is 8.05. The standard InChI is InChI=1S/C13H9ClS2/c14-8-9-5-6-12-13(7-9)16-11-4-2-1-3-10(11)15-12/h1-7H,8H2. The molecule has 3 heteroatoms. The van der Waals surface area contributed by atoms with E-state index in [1.54, 1.807) is 0 Å². The summed E-state index contributed by atoms with van der Waals surface area (Å²) in [4.78, 5) is 5.34. The molecule has 80 valence electrons. The minimum atomic E-state index is 0.583. The number of hydrogen-bond acceptors (Lipinski definition) is 2. The zero-order valence-corrected chi connectivity index (χ0v) is 10.8. The quantitative estimate of drug-likeness (QED) is 0.565. The maximum atomic E-state index is 5.85. The number of alkyl halides is 1. The fraction of sp³-hybridized carbons (Fsp3) is 0.0769. The molecule has 0 N–H and O–H groups in total. The Labute approximate surface area is 108 Å². The van der Waals surface area contributed by atoms with Crippen LogP contribution in [0.25, 0.3) is 0 Å². The van der Waals surface area contributed by atoms with Crippen LogP contribution >= 0.6 is 35.1 Å². The van der Waals surface area contributed by atoms with Crippen molar-refractivity contribution in [1.82, 2.24) is 0 Å². The van der Waals surface area contributed by atoms with Crippen LogP contribution in [0.2, 0.25) is 0 Å². The van der Waals surface area contributed by atoms with Gasteiger partial charge in [-0.3, -0.25) is 0 Å². The third-order valence-electron chi connectivity index (χ3n) is 2.45. The first kappa shape index (κ1) is 10.6. The Balaban J connectivity index is 2.05. The van der Waals surface area contributed by atoms with E-state index in [9.17, 15) is 0 Å². The Hall–Kier alpha value is -0.570. The Bertz CT molecular complexity index is 537. The first-order chi connectivity index (χ1) is 7.86. The number of halogens is 1. The molecule has 0 saturated carbocycles. The van der Waals surface area contributed by atoms with Gasteiger partial charge in [-0.1, -0.05) is 41.7 Å². The van der Waals surface area contributed by atoms with Crippen molar-refractivity contribution in [3.8, 4) is 0 Å². The number of rotatable bonds is 1. The lowest BCUT2D eigenvalue weighted by molar-refractivity contribution is 1.14. The summed E-state index contributed by atoms with van der Waals surface area (Å²) in [5.74, 6) is 0.583. The van der Waals surface area contributed by atoms with Gasteiger partial charge in [0.15, 0.2) is 0 Å². The molecule has 0 fully saturated rings. The topological polar surface area (TPSA) is 0 Å². The molecule has 0 spiro atoms. The number of benzene rings is 2. The van der Waals surface area contributed by atoms with Gasteiger partial charge in [-0.2, -0.15) is 0 Å². The maximum absolute atomic E-state index is 5.85. The smallest absolute Gasteiger partial charge is 0.0474 e. The second-order valence-corrected chi connectivity index (χ2v) is 6.00. The molecule has 2 aromatic rings. The van der Waals surface area contributed by atoms with Crippen LogP contribution < -0.4 is 0 Å². The highest BCUT2D eigenvalue weighted by Crippen LogP contribution is 2.48. The zero-order chi connectivity index (χ0) is 11.0. The Kier molecular flexibility index (Phi) is 2.88. The highest BCUT2D eigenvalue weighted by atomic mass is 35.5. The molecule has 1 aliphatic heterocycles. The van der Waals surface area contributed by atoms with Gasteiger partial charge >= 0.3 is 0 Å². The molecule has 0 atom stereocenters. The van der Waals surface area contributed by atoms with Crippen molar-refractivity contribution in [2.45, 2.75) is 25.5 Å². The lowest BCUT2D eigenvalue weighted by Crippen LogP contribution is -1.90. The monoisotopic (exact) mass is 264 g/mol. The molecule has 0 unspecified atom stereocenters. The van der Waals surface area contributed by atoms with Crippen LogP contribution in [0.3, 0.4) is 0 Å². The van der Waals surface area contributed by atoms with Crippen molar-refractivity contribution < 1.29 is 0 Å². The van der Waals surface area contributed by atoms with Gasteiger partial charge in [-0.05, 0) is 29.8 Å². The summed E-state index contributed by atoms with van der Waals surface area (Å²) in [6.45, 7) is 0. The van der Waals surface area contributed by atoms with E-state index < -0.39 is 0 Å². The van der Waals surface area contributed by atoms with E-state index in [0.717, 1.165) is 0 Å². The van der Waals surface area contributed by atoms with E-state index in [1.807, 2.05) is 23.5 Å². The van der Waals surface area contributed by atoms with Crippen molar-refractivity contribution >= 4 is 35.1 Å². The van der Waals surface area contributed by atoms with Crippen molar-refractivity contribution in [3.05, 3.63) is 48.0 Å². The third-order valence-corrected chi connectivity index (χ3v) is 5.30. The number of hydrogen-bond donors (Lipinski definition) is 0. The van der Waals surface area contributed by atoms with E-state index in [-0.39, 0.29) is 0 Å². The van der Waals surface area contributed by atoms with Crippen molar-refractivity contribution in [1.29, 1.82) is 0 Å². The van der Waals surface area contributed by atoms with Gasteiger partial charge in [0.2, 0.25) is 0 Å². The summed E-state index contributed by atoms with van der Waals surface area (Å²) >= 11 is 9.52. The molecule has 0 bridgehead atoms. The average Bonchev–Trinajstić information content (AvgIpc) is 2.35. The fourth-order valence-corrected chi connectivity index (χ4v) is 4.10. The summed E-state index contributed by atoms with van der Waals surface area (Å²) in [6.07, 6.45) is 0. The molecule has 3 rings (SSSR count). The van der Waals surface area contributed by atoms with Gasteiger partial charge in [-0.15, -0.1) is 11.6 Å². The molecule has 1 heterocycles. The predicted octanol–water partition coefficient (Wildman–Crippen LogP) is 5.04. The lowest BCUT2D eigenvalue weighted by Gasteiger charge is -2.18. The van der Waals surface area contributed by atoms with Crippen LogP contribution in [0.15, 0.2) is 62.0 Å². The largest absolute Gasteiger partial charge is 0.122 e. The Morgan fingerprint density at radius 2 is 1.44 bits per heavy atom. The molecule has 0 aliphatic carbocycles. The molecular weight excluding hydrogens is 256 g/mol. The zero-order valence-electron chi connectivity index (χ0n) is 8.44. The van der Waals surface area contributed by atoms with Crippen molar-refractivity contribution in [2.24, 2.45) is 0 Å². The molecular formula is C13H9ClS2. The molecule has 0 amide bonds. The molecule has 1 aliphatic rings. The van der Waals surface area contributed by atoms with Crippen LogP contribution in [0, 0.1) is 0 Å². The van der Waals surface area contributed by atoms with Crippen LogP contribution in [0.1, 0.15) is 5.56 Å². The Morgan fingerprint density at radius 3 is 2.12 bits per heavy atom. The SMILES string of the molecule is ClCc1ccc2c(c1)Sc1ccccc1S2. The predicted molar refractivity (Wildman–Crippen MR) is 70.7 cm³/mol. The van der Waals surface area contributed by atoms with Crippen molar-refractivity contribution in [3.63, 3.8) is 0 Å². The first-order valence-electron chi connectivity index (χ1n) is 5.00. The van der Waals surface area contributed by atoms with E-state index in [1.165, 1.54) is 25.1 Å². The molecule has 0 radical (unpaired) electrons. The van der Waals surface area contributed by atoms with Gasteiger partial charge in [-0.25, -0.2) is 0 Å². The fourth-order valence-electron chi connectivity index (χ4n) is 1.66. The minimum Gasteiger partial charge on any atom is -0.122 e. The van der Waals surface area contributed by atoms with Crippen LogP contribution in [0.5, 0.6) is 0 Å². The van der Waals surface area contributed by atoms with Crippen molar-refractivity contribution in [2.75, 3.05) is 0 Å². The minimum absolute atomic E-state index is 0.583. The summed E-state index contributed by atoms with van der Waals surface area (Å²) in [7, 11) is 0. The lowest BCUT2D eigenvalue weighted by atomic mass is 10.2. The summed E-state index contributed by atoms with van der Waals surface area (Å²) in [5, 5.41) is 0. The van der Waals surface area contributed by atoms with Crippen LogP contribution in [0.4, 0.5) is 0 Å². The van der Waals surface area contributed by atoms with E-state index >= 15 is 0 Å². The van der Waals surface area contributed by atoms with Gasteiger partial charge in [0.05, 0.1) is 0 Å². The molecule has 2 aromatic carbocycles. The first-order valence-corrected chi connectivity index (χ1v) is 7.17. The molecule has 0 nitrogen and oxygen atoms in total. The Morgan fingerprint density at radius 1 is 0.812 bits per heavy atom. The van der Waals surface area contributed by atoms with Gasteiger partial charge in [0.1, 0.15) is 0 Å². The summed E-state index contributed by atoms with van der Waals surface area (Å²) in [5.41, 5.74) is 1.19. The van der Waals surface area contributed by atoms with E-state index in [4.69, 9.17) is 11.6 Å². The molecule has 0 saturated heterocycles. The number of fused-ring (bicyclic) bond motifs is 2. The van der Waals surface area contributed by atoms with Crippen LogP contribution in [-0.4, -0.2) is 0 Å². The second kappa shape index (κ2) is 4.36. The summed E-state index contributed by atoms with van der Waals surface area (Å²) in [6, 6.07) is 15.0. The maximum Gasteiger partial charge on any atom is 0.0474 e. The second-order valence-electron chi connectivity index (χ2n) is 3.57. The summed E-state index contributed by atoms with van der Waals surface area (Å²) < 4.78 is 0. The van der Waals surface area contributed by atoms with Crippen LogP contribution in [-0.2, 0) is 5.88 Å². The normalized spacial score (nSPS) is 13.1. The molecule has 0 aromatic heterocycles. The van der Waals surface area contributed by atoms with Gasteiger partial charge < -0.3 is 0 Å². The van der Waals surface area contributed by atoms with Gasteiger partial charge in [0.25, 0.3) is 0 Å². The van der Waals surface area contributed by atoms with E-state index in [2.05, 4.69) is 42.5 Å². The third kappa shape index (κ3) is 1.86. The highest BCUT2D eigenvalue weighted by Gasteiger charge is 2.16. The average molecular weight is 265 g/mol. The van der Waals surface area contributed by atoms with Gasteiger partial charge in [0, 0.05) is 25.5 Å².